The van der Waals surface area contributed by atoms with Crippen LogP contribution in [0.1, 0.15) is 5.56 Å². The van der Waals surface area contributed by atoms with Gasteiger partial charge in [0, 0.05) is 24.5 Å². The first-order valence-corrected chi connectivity index (χ1v) is 5.59. The zero-order chi connectivity index (χ0) is 12.7. The van der Waals surface area contributed by atoms with E-state index >= 15 is 0 Å². The zero-order valence-corrected chi connectivity index (χ0v) is 9.92. The van der Waals surface area contributed by atoms with Gasteiger partial charge in [0.05, 0.1) is 23.8 Å². The lowest BCUT2D eigenvalue weighted by atomic mass is 10.2. The lowest BCUT2D eigenvalue weighted by molar-refractivity contribution is 0.760. The van der Waals surface area contributed by atoms with E-state index in [4.69, 9.17) is 5.73 Å². The number of aryl methyl sites for hydroxylation is 1. The summed E-state index contributed by atoms with van der Waals surface area (Å²) in [6, 6.07) is 5.38. The maximum Gasteiger partial charge on any atom is 0.326 e. The smallest absolute Gasteiger partial charge is 0.326 e. The molecule has 0 radical (unpaired) electrons. The minimum absolute atomic E-state index is 0.139. The molecule has 2 aromatic heterocycles. The van der Waals surface area contributed by atoms with Crippen LogP contribution in [0.2, 0.25) is 0 Å². The SMILES string of the molecule is Cn1cc(Cn2c(=O)[nH]c3ccc(N)cc32)cn1. The van der Waals surface area contributed by atoms with Crippen LogP contribution in [0, 0.1) is 0 Å². The number of nitrogens with two attached hydrogens (primary N) is 1. The van der Waals surface area contributed by atoms with Crippen molar-refractivity contribution in [3.63, 3.8) is 0 Å². The summed E-state index contributed by atoms with van der Waals surface area (Å²) in [6.45, 7) is 0.482. The molecule has 92 valence electrons. The number of anilines is 1. The molecule has 1 aromatic carbocycles. The van der Waals surface area contributed by atoms with Gasteiger partial charge in [-0.2, -0.15) is 5.10 Å². The van der Waals surface area contributed by atoms with Crippen molar-refractivity contribution in [1.82, 2.24) is 19.3 Å². The molecule has 6 heteroatoms. The minimum atomic E-state index is -0.139. The van der Waals surface area contributed by atoms with E-state index < -0.39 is 0 Å². The average molecular weight is 243 g/mol. The average Bonchev–Trinajstić information content (AvgIpc) is 2.86. The Bertz CT molecular complexity index is 764. The second-order valence-corrected chi connectivity index (χ2v) is 4.32. The maximum absolute atomic E-state index is 11.9. The van der Waals surface area contributed by atoms with Crippen molar-refractivity contribution in [1.29, 1.82) is 0 Å². The fourth-order valence-corrected chi connectivity index (χ4v) is 2.06. The molecular formula is C12H13N5O. The Hall–Kier alpha value is -2.50. The third-order valence-corrected chi connectivity index (χ3v) is 2.90. The Morgan fingerprint density at radius 3 is 3.00 bits per heavy atom. The lowest BCUT2D eigenvalue weighted by Crippen LogP contribution is -2.17. The number of nitrogens with zero attached hydrogens (tertiary/aromatic N) is 3. The van der Waals surface area contributed by atoms with Crippen LogP contribution < -0.4 is 11.4 Å². The molecule has 0 saturated heterocycles. The Morgan fingerprint density at radius 2 is 2.28 bits per heavy atom. The number of fused-ring (bicyclic) bond motifs is 1. The predicted octanol–water partition coefficient (Wildman–Crippen LogP) is 0.694. The van der Waals surface area contributed by atoms with Gasteiger partial charge in [0.25, 0.3) is 0 Å². The van der Waals surface area contributed by atoms with E-state index in [-0.39, 0.29) is 5.69 Å². The molecular weight excluding hydrogens is 230 g/mol. The number of rotatable bonds is 2. The van der Waals surface area contributed by atoms with Gasteiger partial charge >= 0.3 is 5.69 Å². The van der Waals surface area contributed by atoms with E-state index in [1.54, 1.807) is 27.6 Å². The Labute approximate surface area is 103 Å². The zero-order valence-electron chi connectivity index (χ0n) is 9.92. The first-order chi connectivity index (χ1) is 8.63. The van der Waals surface area contributed by atoms with Gasteiger partial charge in [-0.3, -0.25) is 9.25 Å². The topological polar surface area (TPSA) is 81.6 Å². The van der Waals surface area contributed by atoms with Crippen LogP contribution in [-0.2, 0) is 13.6 Å². The third kappa shape index (κ3) is 1.67. The van der Waals surface area contributed by atoms with Gasteiger partial charge < -0.3 is 10.7 Å². The molecule has 0 aliphatic carbocycles. The van der Waals surface area contributed by atoms with E-state index in [1.807, 2.05) is 19.3 Å². The molecule has 6 nitrogen and oxygen atoms in total. The van der Waals surface area contributed by atoms with Crippen LogP contribution in [0.3, 0.4) is 0 Å². The van der Waals surface area contributed by atoms with E-state index in [9.17, 15) is 4.79 Å². The quantitative estimate of drug-likeness (QED) is 0.650. The van der Waals surface area contributed by atoms with Gasteiger partial charge in [0.15, 0.2) is 0 Å². The summed E-state index contributed by atoms with van der Waals surface area (Å²) in [5.74, 6) is 0. The second kappa shape index (κ2) is 3.76. The van der Waals surface area contributed by atoms with Crippen molar-refractivity contribution >= 4 is 16.7 Å². The molecule has 3 rings (SSSR count). The maximum atomic E-state index is 11.9. The second-order valence-electron chi connectivity index (χ2n) is 4.32. The molecule has 0 spiro atoms. The highest BCUT2D eigenvalue weighted by Gasteiger charge is 2.08. The summed E-state index contributed by atoms with van der Waals surface area (Å²) in [4.78, 5) is 14.7. The summed E-state index contributed by atoms with van der Waals surface area (Å²) in [7, 11) is 1.85. The van der Waals surface area contributed by atoms with E-state index in [0.717, 1.165) is 16.6 Å². The summed E-state index contributed by atoms with van der Waals surface area (Å²) in [5, 5.41) is 4.09. The number of nitrogens with one attached hydrogen (secondary N) is 1. The van der Waals surface area contributed by atoms with Gasteiger partial charge in [-0.05, 0) is 18.2 Å². The molecule has 0 amide bonds. The summed E-state index contributed by atoms with van der Waals surface area (Å²) in [5.41, 5.74) is 8.83. The number of imidazole rings is 1. The standard InChI is InChI=1S/C12H13N5O/c1-16-6-8(5-14-16)7-17-11-4-9(13)2-3-10(11)15-12(17)18/h2-6H,7,13H2,1H3,(H,15,18). The summed E-state index contributed by atoms with van der Waals surface area (Å²) < 4.78 is 3.37. The first-order valence-electron chi connectivity index (χ1n) is 5.59. The van der Waals surface area contributed by atoms with Gasteiger partial charge in [-0.1, -0.05) is 0 Å². The molecule has 3 aromatic rings. The highest BCUT2D eigenvalue weighted by Crippen LogP contribution is 2.15. The summed E-state index contributed by atoms with van der Waals surface area (Å²) in [6.07, 6.45) is 3.63. The van der Waals surface area contributed by atoms with Crippen LogP contribution in [-0.4, -0.2) is 19.3 Å². The number of aromatic nitrogens is 4. The monoisotopic (exact) mass is 243 g/mol. The number of aromatic amines is 1. The number of nitrogen functional groups attached to an aromatic ring is 1. The first kappa shape index (κ1) is 10.6. The Kier molecular flexibility index (Phi) is 2.22. The van der Waals surface area contributed by atoms with Crippen LogP contribution >= 0.6 is 0 Å². The van der Waals surface area contributed by atoms with Crippen LogP contribution in [0.25, 0.3) is 11.0 Å². The van der Waals surface area contributed by atoms with E-state index in [1.165, 1.54) is 0 Å². The van der Waals surface area contributed by atoms with Crippen LogP contribution in [0.5, 0.6) is 0 Å². The molecule has 3 N–H and O–H groups in total. The minimum Gasteiger partial charge on any atom is -0.399 e. The van der Waals surface area contributed by atoms with Crippen LogP contribution in [0.4, 0.5) is 5.69 Å². The van der Waals surface area contributed by atoms with Crippen molar-refractivity contribution in [3.05, 3.63) is 46.6 Å². The van der Waals surface area contributed by atoms with Crippen molar-refractivity contribution in [2.45, 2.75) is 6.54 Å². The Balaban J connectivity index is 2.13. The highest BCUT2D eigenvalue weighted by molar-refractivity contribution is 5.79. The summed E-state index contributed by atoms with van der Waals surface area (Å²) >= 11 is 0. The molecule has 0 aliphatic heterocycles. The predicted molar refractivity (Wildman–Crippen MR) is 69.3 cm³/mol. The number of H-pyrrole nitrogens is 1. The van der Waals surface area contributed by atoms with E-state index in [0.29, 0.717) is 12.2 Å². The molecule has 0 atom stereocenters. The number of hydrogen-bond donors (Lipinski definition) is 2. The largest absolute Gasteiger partial charge is 0.399 e. The Morgan fingerprint density at radius 1 is 1.44 bits per heavy atom. The van der Waals surface area contributed by atoms with E-state index in [2.05, 4.69) is 10.1 Å². The van der Waals surface area contributed by atoms with Gasteiger partial charge in [-0.15, -0.1) is 0 Å². The fraction of sp³-hybridized carbons (Fsp3) is 0.167. The molecule has 0 bridgehead atoms. The number of hydrogen-bond acceptors (Lipinski definition) is 3. The molecule has 0 aliphatic rings. The van der Waals surface area contributed by atoms with Gasteiger partial charge in [-0.25, -0.2) is 4.79 Å². The normalized spacial score (nSPS) is 11.2. The molecule has 0 unspecified atom stereocenters. The van der Waals surface area contributed by atoms with Gasteiger partial charge in [0.2, 0.25) is 0 Å². The molecule has 18 heavy (non-hydrogen) atoms. The molecule has 2 heterocycles. The van der Waals surface area contributed by atoms with Crippen molar-refractivity contribution in [3.8, 4) is 0 Å². The van der Waals surface area contributed by atoms with Crippen molar-refractivity contribution in [2.24, 2.45) is 7.05 Å². The highest BCUT2D eigenvalue weighted by atomic mass is 16.1. The van der Waals surface area contributed by atoms with Crippen molar-refractivity contribution in [2.75, 3.05) is 5.73 Å². The van der Waals surface area contributed by atoms with Crippen molar-refractivity contribution < 1.29 is 0 Å². The number of benzene rings is 1. The molecule has 0 saturated carbocycles. The third-order valence-electron chi connectivity index (χ3n) is 2.90. The van der Waals surface area contributed by atoms with Gasteiger partial charge in [0.1, 0.15) is 0 Å². The molecule has 0 fully saturated rings. The van der Waals surface area contributed by atoms with Crippen LogP contribution in [0.15, 0.2) is 35.4 Å². The fourth-order valence-electron chi connectivity index (χ4n) is 2.06. The lowest BCUT2D eigenvalue weighted by Gasteiger charge is -2.01.